The zero-order valence-electron chi connectivity index (χ0n) is 10.4. The minimum Gasteiger partial charge on any atom is -0.466 e. The van der Waals surface area contributed by atoms with Gasteiger partial charge in [0, 0.05) is 6.42 Å². The molecule has 1 rings (SSSR count). The van der Waals surface area contributed by atoms with Gasteiger partial charge in [0.15, 0.2) is 0 Å². The van der Waals surface area contributed by atoms with Crippen LogP contribution in [-0.4, -0.2) is 18.7 Å². The number of hydrogen-bond acceptors (Lipinski definition) is 2. The molecule has 0 aliphatic heterocycles. The Morgan fingerprint density at radius 2 is 1.94 bits per heavy atom. The number of carbonyl (C=O) groups excluding carboxylic acids is 1. The number of esters is 1. The second-order valence-electron chi connectivity index (χ2n) is 3.91. The van der Waals surface area contributed by atoms with Crippen LogP contribution in [0.3, 0.4) is 0 Å². The summed E-state index contributed by atoms with van der Waals surface area (Å²) in [6.07, 6.45) is 5.08. The summed E-state index contributed by atoms with van der Waals surface area (Å²) in [5.41, 5.74) is 0. The molecule has 3 heteroatoms. The molecule has 1 aromatic rings. The van der Waals surface area contributed by atoms with Crippen LogP contribution in [0.25, 0.3) is 0 Å². The highest BCUT2D eigenvalue weighted by Crippen LogP contribution is 2.13. The summed E-state index contributed by atoms with van der Waals surface area (Å²) in [4.78, 5) is 11.1. The number of carbonyl (C=O) groups is 1. The van der Waals surface area contributed by atoms with Crippen molar-refractivity contribution in [2.45, 2.75) is 32.6 Å². The first kappa shape index (κ1) is 14.2. The minimum absolute atomic E-state index is 0.0574. The van der Waals surface area contributed by atoms with E-state index in [9.17, 15) is 4.79 Å². The molecule has 1 aromatic carbocycles. The molecule has 0 saturated heterocycles. The molecular weight excluding hydrogens is 231 g/mol. The molecular formula is C14H21O2P. The van der Waals surface area contributed by atoms with E-state index >= 15 is 0 Å². The van der Waals surface area contributed by atoms with Crippen molar-refractivity contribution in [3.8, 4) is 0 Å². The highest BCUT2D eigenvalue weighted by atomic mass is 31.1. The smallest absolute Gasteiger partial charge is 0.305 e. The molecule has 0 saturated carbocycles. The van der Waals surface area contributed by atoms with Gasteiger partial charge < -0.3 is 4.74 Å². The first-order valence-electron chi connectivity index (χ1n) is 6.27. The summed E-state index contributed by atoms with van der Waals surface area (Å²) in [5, 5.41) is 1.43. The van der Waals surface area contributed by atoms with Gasteiger partial charge in [-0.1, -0.05) is 45.3 Å². The predicted octanol–water partition coefficient (Wildman–Crippen LogP) is 3.11. The number of benzene rings is 1. The maximum absolute atomic E-state index is 11.1. The zero-order chi connectivity index (χ0) is 12.3. The number of hydrogen-bond donors (Lipinski definition) is 0. The summed E-state index contributed by atoms with van der Waals surface area (Å²) in [5.74, 6) is -0.0574. The Bertz CT molecular complexity index is 311. The van der Waals surface area contributed by atoms with Crippen molar-refractivity contribution >= 4 is 19.9 Å². The monoisotopic (exact) mass is 252 g/mol. The molecule has 0 aliphatic rings. The van der Waals surface area contributed by atoms with Crippen molar-refractivity contribution < 1.29 is 9.53 Å². The molecule has 0 aromatic heterocycles. The van der Waals surface area contributed by atoms with E-state index in [4.69, 9.17) is 4.74 Å². The van der Waals surface area contributed by atoms with Crippen LogP contribution in [-0.2, 0) is 9.53 Å². The van der Waals surface area contributed by atoms with E-state index < -0.39 is 0 Å². The van der Waals surface area contributed by atoms with Gasteiger partial charge in [-0.15, -0.1) is 0 Å². The van der Waals surface area contributed by atoms with Gasteiger partial charge in [0.1, 0.15) is 0 Å². The molecule has 17 heavy (non-hydrogen) atoms. The maximum Gasteiger partial charge on any atom is 0.305 e. The van der Waals surface area contributed by atoms with Crippen LogP contribution in [0.4, 0.5) is 0 Å². The standard InChI is InChI=1S/C14H21O2P/c1-2-16-14(15)11-7-4-8-12-17-13-9-5-3-6-10-13/h3,5-6,9-10,17H,2,4,7-8,11-12H2,1H3. The fourth-order valence-corrected chi connectivity index (χ4v) is 2.74. The van der Waals surface area contributed by atoms with E-state index in [0.29, 0.717) is 13.0 Å². The molecule has 0 heterocycles. The van der Waals surface area contributed by atoms with Crippen molar-refractivity contribution in [2.24, 2.45) is 0 Å². The first-order valence-corrected chi connectivity index (χ1v) is 7.48. The van der Waals surface area contributed by atoms with Crippen molar-refractivity contribution in [1.29, 1.82) is 0 Å². The number of rotatable bonds is 8. The topological polar surface area (TPSA) is 26.3 Å². The lowest BCUT2D eigenvalue weighted by atomic mass is 10.2. The highest BCUT2D eigenvalue weighted by Gasteiger charge is 2.00. The molecule has 0 radical (unpaired) electrons. The van der Waals surface area contributed by atoms with Crippen LogP contribution in [0.2, 0.25) is 0 Å². The average Bonchev–Trinajstić information content (AvgIpc) is 2.35. The van der Waals surface area contributed by atoms with Gasteiger partial charge in [0.05, 0.1) is 6.61 Å². The second-order valence-corrected chi connectivity index (χ2v) is 5.34. The molecule has 0 fully saturated rings. The molecule has 0 amide bonds. The van der Waals surface area contributed by atoms with E-state index in [-0.39, 0.29) is 5.97 Å². The van der Waals surface area contributed by atoms with Crippen molar-refractivity contribution in [2.75, 3.05) is 12.8 Å². The third kappa shape index (κ3) is 7.12. The molecule has 0 spiro atoms. The van der Waals surface area contributed by atoms with E-state index in [1.54, 1.807) is 0 Å². The van der Waals surface area contributed by atoms with Gasteiger partial charge >= 0.3 is 5.97 Å². The lowest BCUT2D eigenvalue weighted by Crippen LogP contribution is -2.03. The van der Waals surface area contributed by atoms with Gasteiger partial charge in [-0.25, -0.2) is 0 Å². The molecule has 2 nitrogen and oxygen atoms in total. The summed E-state index contributed by atoms with van der Waals surface area (Å²) < 4.78 is 4.88. The predicted molar refractivity (Wildman–Crippen MR) is 74.4 cm³/mol. The number of ether oxygens (including phenoxy) is 1. The van der Waals surface area contributed by atoms with Crippen LogP contribution in [0, 0.1) is 0 Å². The van der Waals surface area contributed by atoms with Crippen molar-refractivity contribution in [1.82, 2.24) is 0 Å². The second kappa shape index (κ2) is 9.18. The highest BCUT2D eigenvalue weighted by molar-refractivity contribution is 7.47. The third-order valence-electron chi connectivity index (χ3n) is 2.47. The summed E-state index contributed by atoms with van der Waals surface area (Å²) in [6.45, 7) is 2.34. The van der Waals surface area contributed by atoms with E-state index in [1.807, 2.05) is 13.0 Å². The molecule has 0 aliphatic carbocycles. The lowest BCUT2D eigenvalue weighted by Gasteiger charge is -2.03. The van der Waals surface area contributed by atoms with Crippen LogP contribution in [0.5, 0.6) is 0 Å². The van der Waals surface area contributed by atoms with Crippen molar-refractivity contribution in [3.05, 3.63) is 30.3 Å². The molecule has 94 valence electrons. The number of unbranched alkanes of at least 4 members (excludes halogenated alkanes) is 2. The van der Waals surface area contributed by atoms with Crippen LogP contribution < -0.4 is 5.30 Å². The SMILES string of the molecule is CCOC(=O)CCCCCPc1ccccc1. The van der Waals surface area contributed by atoms with E-state index in [1.165, 1.54) is 17.9 Å². The van der Waals surface area contributed by atoms with Crippen molar-refractivity contribution in [3.63, 3.8) is 0 Å². The van der Waals surface area contributed by atoms with Gasteiger partial charge in [-0.3, -0.25) is 4.79 Å². The molecule has 0 bridgehead atoms. The third-order valence-corrected chi connectivity index (χ3v) is 3.81. The van der Waals surface area contributed by atoms with E-state index in [0.717, 1.165) is 21.4 Å². The Hall–Kier alpha value is -0.880. The fourth-order valence-electron chi connectivity index (χ4n) is 1.59. The first-order chi connectivity index (χ1) is 8.33. The zero-order valence-corrected chi connectivity index (χ0v) is 11.4. The van der Waals surface area contributed by atoms with Crippen LogP contribution >= 0.6 is 8.58 Å². The Labute approximate surface area is 106 Å². The Morgan fingerprint density at radius 1 is 1.18 bits per heavy atom. The van der Waals surface area contributed by atoms with Gasteiger partial charge in [-0.05, 0) is 31.2 Å². The lowest BCUT2D eigenvalue weighted by molar-refractivity contribution is -0.143. The Kier molecular flexibility index (Phi) is 7.66. The van der Waals surface area contributed by atoms with Crippen LogP contribution in [0.15, 0.2) is 30.3 Å². The average molecular weight is 252 g/mol. The quantitative estimate of drug-likeness (QED) is 0.403. The van der Waals surface area contributed by atoms with Gasteiger partial charge in [-0.2, -0.15) is 0 Å². The maximum atomic E-state index is 11.1. The Balaban J connectivity index is 1.96. The largest absolute Gasteiger partial charge is 0.466 e. The summed E-state index contributed by atoms with van der Waals surface area (Å²) >= 11 is 0. The Morgan fingerprint density at radius 3 is 2.65 bits per heavy atom. The van der Waals surface area contributed by atoms with Gasteiger partial charge in [0.25, 0.3) is 0 Å². The molecule has 0 N–H and O–H groups in total. The normalized spacial score (nSPS) is 10.9. The summed E-state index contributed by atoms with van der Waals surface area (Å²) in [6, 6.07) is 10.6. The van der Waals surface area contributed by atoms with Crippen LogP contribution in [0.1, 0.15) is 32.6 Å². The summed E-state index contributed by atoms with van der Waals surface area (Å²) in [7, 11) is 0.894. The fraction of sp³-hybridized carbons (Fsp3) is 0.500. The molecule has 1 atom stereocenters. The van der Waals surface area contributed by atoms with E-state index in [2.05, 4.69) is 24.3 Å². The minimum atomic E-state index is -0.0574. The van der Waals surface area contributed by atoms with Gasteiger partial charge in [0.2, 0.25) is 0 Å². The molecule has 1 unspecified atom stereocenters.